The molecule has 0 amide bonds. The average Bonchev–Trinajstić information content (AvgIpc) is 3.23. The van der Waals surface area contributed by atoms with Crippen molar-refractivity contribution < 1.29 is 4.74 Å². The van der Waals surface area contributed by atoms with Crippen molar-refractivity contribution in [2.45, 2.75) is 52.1 Å². The molecule has 0 bridgehead atoms. The van der Waals surface area contributed by atoms with E-state index in [1.54, 1.807) is 0 Å². The molecule has 1 aliphatic rings. The number of nitrogens with one attached hydrogen (secondary N) is 1. The predicted octanol–water partition coefficient (Wildman–Crippen LogP) is 3.35. The fourth-order valence-electron chi connectivity index (χ4n) is 2.53. The topological polar surface area (TPSA) is 45.0 Å². The van der Waals surface area contributed by atoms with Crippen LogP contribution in [0.5, 0.6) is 5.75 Å². The van der Waals surface area contributed by atoms with Gasteiger partial charge in [-0.15, -0.1) is 0 Å². The van der Waals surface area contributed by atoms with E-state index in [-0.39, 0.29) is 6.04 Å². The summed E-state index contributed by atoms with van der Waals surface area (Å²) in [5.74, 6) is 1.26. The fraction of sp³-hybridized carbons (Fsp3) is 0.588. The Morgan fingerprint density at radius 2 is 2.05 bits per heavy atom. The lowest BCUT2D eigenvalue weighted by molar-refractivity contribution is 0.192. The number of ether oxygens (including phenoxy) is 1. The lowest BCUT2D eigenvalue weighted by atomic mass is 9.95. The van der Waals surface area contributed by atoms with E-state index in [1.807, 2.05) is 12.1 Å². The Balaban J connectivity index is 2.08. The molecule has 1 N–H and O–H groups in total. The molecule has 1 fully saturated rings. The number of hydrogen-bond donors (Lipinski definition) is 1. The van der Waals surface area contributed by atoms with Crippen molar-refractivity contribution >= 4 is 0 Å². The molecule has 0 aliphatic heterocycles. The van der Waals surface area contributed by atoms with Gasteiger partial charge in [0.15, 0.2) is 0 Å². The van der Waals surface area contributed by atoms with Crippen LogP contribution in [0.4, 0.5) is 0 Å². The van der Waals surface area contributed by atoms with Gasteiger partial charge >= 0.3 is 0 Å². The minimum atomic E-state index is -0.549. The second kappa shape index (κ2) is 5.85. The predicted molar refractivity (Wildman–Crippen MR) is 80.8 cm³/mol. The number of hydrogen-bond acceptors (Lipinski definition) is 3. The van der Waals surface area contributed by atoms with Crippen LogP contribution in [0, 0.1) is 31.1 Å². The van der Waals surface area contributed by atoms with E-state index >= 15 is 0 Å². The Morgan fingerprint density at radius 1 is 1.35 bits per heavy atom. The van der Waals surface area contributed by atoms with Crippen molar-refractivity contribution in [3.8, 4) is 11.8 Å². The Kier molecular flexibility index (Phi) is 4.35. The van der Waals surface area contributed by atoms with Crippen LogP contribution in [0.15, 0.2) is 18.2 Å². The third kappa shape index (κ3) is 3.32. The summed E-state index contributed by atoms with van der Waals surface area (Å²) in [5, 5.41) is 13.0. The number of aryl methyl sites for hydroxylation is 2. The molecule has 1 aliphatic carbocycles. The highest BCUT2D eigenvalue weighted by atomic mass is 16.5. The van der Waals surface area contributed by atoms with Gasteiger partial charge in [0.2, 0.25) is 0 Å². The zero-order valence-electron chi connectivity index (χ0n) is 12.9. The first kappa shape index (κ1) is 14.9. The second-order valence-electron chi connectivity index (χ2n) is 6.19. The zero-order chi connectivity index (χ0) is 14.8. The van der Waals surface area contributed by atoms with Crippen LogP contribution in [0.2, 0.25) is 0 Å². The molecule has 20 heavy (non-hydrogen) atoms. The maximum Gasteiger partial charge on any atom is 0.144 e. The van der Waals surface area contributed by atoms with E-state index in [2.05, 4.69) is 45.1 Å². The lowest BCUT2D eigenvalue weighted by Crippen LogP contribution is -2.53. The largest absolute Gasteiger partial charge is 0.491 e. The summed E-state index contributed by atoms with van der Waals surface area (Å²) >= 11 is 0. The first-order valence-electron chi connectivity index (χ1n) is 7.36. The van der Waals surface area contributed by atoms with Crippen LogP contribution in [0.3, 0.4) is 0 Å². The summed E-state index contributed by atoms with van der Waals surface area (Å²) in [6.45, 7) is 8.72. The van der Waals surface area contributed by atoms with Gasteiger partial charge in [0.1, 0.15) is 17.9 Å². The van der Waals surface area contributed by atoms with Gasteiger partial charge in [-0.25, -0.2) is 0 Å². The molecule has 1 aromatic rings. The van der Waals surface area contributed by atoms with E-state index in [0.29, 0.717) is 12.5 Å². The summed E-state index contributed by atoms with van der Waals surface area (Å²) < 4.78 is 5.92. The molecule has 0 spiro atoms. The van der Waals surface area contributed by atoms with Gasteiger partial charge in [0.05, 0.1) is 6.07 Å². The van der Waals surface area contributed by atoms with Gasteiger partial charge in [-0.05, 0) is 69.7 Å². The van der Waals surface area contributed by atoms with Crippen molar-refractivity contribution in [3.63, 3.8) is 0 Å². The van der Waals surface area contributed by atoms with Gasteiger partial charge < -0.3 is 4.74 Å². The molecule has 1 atom stereocenters. The normalized spacial score (nSPS) is 17.6. The molecule has 1 unspecified atom stereocenters. The van der Waals surface area contributed by atoms with Crippen LogP contribution >= 0.6 is 0 Å². The van der Waals surface area contributed by atoms with Crippen LogP contribution in [-0.4, -0.2) is 18.2 Å². The summed E-state index contributed by atoms with van der Waals surface area (Å²) in [7, 11) is 0. The molecule has 3 heteroatoms. The van der Waals surface area contributed by atoms with E-state index in [0.717, 1.165) is 18.6 Å². The highest BCUT2D eigenvalue weighted by Gasteiger charge is 2.46. The van der Waals surface area contributed by atoms with Crippen LogP contribution in [0.25, 0.3) is 0 Å². The van der Waals surface area contributed by atoms with Gasteiger partial charge in [-0.3, -0.25) is 5.32 Å². The average molecular weight is 272 g/mol. The maximum absolute atomic E-state index is 9.62. The van der Waals surface area contributed by atoms with Crippen molar-refractivity contribution in [1.29, 1.82) is 5.26 Å². The molecular weight excluding hydrogens is 248 g/mol. The Labute approximate surface area is 121 Å². The molecular formula is C17H24N2O. The van der Waals surface area contributed by atoms with Crippen LogP contribution in [0.1, 0.15) is 37.8 Å². The maximum atomic E-state index is 9.62. The van der Waals surface area contributed by atoms with E-state index in [9.17, 15) is 5.26 Å². The van der Waals surface area contributed by atoms with E-state index < -0.39 is 5.54 Å². The van der Waals surface area contributed by atoms with Crippen LogP contribution in [-0.2, 0) is 0 Å². The molecule has 0 aromatic heterocycles. The molecule has 1 aromatic carbocycles. The van der Waals surface area contributed by atoms with E-state index in [1.165, 1.54) is 11.1 Å². The standard InChI is InChI=1S/C17H24N2O/c1-12(2)19-17(10-18,15-6-7-15)11-20-16-8-5-13(3)14(4)9-16/h5,8-9,12,15,19H,6-7,11H2,1-4H3. The highest BCUT2D eigenvalue weighted by Crippen LogP contribution is 2.40. The molecule has 0 radical (unpaired) electrons. The van der Waals surface area contributed by atoms with Gasteiger partial charge in [0, 0.05) is 6.04 Å². The summed E-state index contributed by atoms with van der Waals surface area (Å²) in [6.07, 6.45) is 2.23. The number of rotatable bonds is 6. The minimum Gasteiger partial charge on any atom is -0.491 e. The summed E-state index contributed by atoms with van der Waals surface area (Å²) in [6, 6.07) is 8.83. The van der Waals surface area contributed by atoms with Gasteiger partial charge in [-0.2, -0.15) is 5.26 Å². The monoisotopic (exact) mass is 272 g/mol. The Bertz CT molecular complexity index is 514. The van der Waals surface area contributed by atoms with Crippen molar-refractivity contribution in [1.82, 2.24) is 5.32 Å². The summed E-state index contributed by atoms with van der Waals surface area (Å²) in [5.41, 5.74) is 1.92. The van der Waals surface area contributed by atoms with Crippen LogP contribution < -0.4 is 10.1 Å². The second-order valence-corrected chi connectivity index (χ2v) is 6.19. The third-order valence-corrected chi connectivity index (χ3v) is 3.96. The molecule has 108 valence electrons. The summed E-state index contributed by atoms with van der Waals surface area (Å²) in [4.78, 5) is 0. The quantitative estimate of drug-likeness (QED) is 0.863. The fourth-order valence-corrected chi connectivity index (χ4v) is 2.53. The molecule has 0 saturated heterocycles. The smallest absolute Gasteiger partial charge is 0.144 e. The minimum absolute atomic E-state index is 0.276. The molecule has 0 heterocycles. The third-order valence-electron chi connectivity index (χ3n) is 3.96. The van der Waals surface area contributed by atoms with Gasteiger partial charge in [-0.1, -0.05) is 6.07 Å². The molecule has 3 nitrogen and oxygen atoms in total. The Hall–Kier alpha value is -1.53. The lowest BCUT2D eigenvalue weighted by Gasteiger charge is -2.30. The number of nitriles is 1. The SMILES string of the molecule is Cc1ccc(OCC(C#N)(NC(C)C)C2CC2)cc1C. The highest BCUT2D eigenvalue weighted by molar-refractivity contribution is 5.34. The number of benzene rings is 1. The first-order valence-corrected chi connectivity index (χ1v) is 7.36. The first-order chi connectivity index (χ1) is 9.47. The van der Waals surface area contributed by atoms with Crippen molar-refractivity contribution in [2.24, 2.45) is 5.92 Å². The van der Waals surface area contributed by atoms with Gasteiger partial charge in [0.25, 0.3) is 0 Å². The molecule has 2 rings (SSSR count). The molecule has 1 saturated carbocycles. The van der Waals surface area contributed by atoms with Crippen molar-refractivity contribution in [3.05, 3.63) is 29.3 Å². The Morgan fingerprint density at radius 3 is 2.55 bits per heavy atom. The van der Waals surface area contributed by atoms with E-state index in [4.69, 9.17) is 4.74 Å². The van der Waals surface area contributed by atoms with Crippen molar-refractivity contribution in [2.75, 3.05) is 6.61 Å². The zero-order valence-corrected chi connectivity index (χ0v) is 12.9. The number of nitrogens with zero attached hydrogens (tertiary/aromatic N) is 1.